The van der Waals surface area contributed by atoms with Crippen molar-refractivity contribution < 1.29 is 29.8 Å². The standard InChI is InChI=1S/C6H6F4O2/c1-3(7)4(11)12-6(2,10)5(8)9/h5H,1H2,2H3/i1D2. The zero-order valence-corrected chi connectivity index (χ0v) is 5.91. The van der Waals surface area contributed by atoms with Gasteiger partial charge in [0.2, 0.25) is 5.83 Å². The van der Waals surface area contributed by atoms with Crippen LogP contribution in [0.25, 0.3) is 0 Å². The average Bonchev–Trinajstić information content (AvgIpc) is 2.01. The van der Waals surface area contributed by atoms with Crippen LogP contribution in [0.2, 0.25) is 0 Å². The van der Waals surface area contributed by atoms with Crippen molar-refractivity contribution in [2.75, 3.05) is 0 Å². The van der Waals surface area contributed by atoms with E-state index in [-0.39, 0.29) is 6.92 Å². The first-order valence-electron chi connectivity index (χ1n) is 3.72. The Morgan fingerprint density at radius 1 is 1.75 bits per heavy atom. The lowest BCUT2D eigenvalue weighted by Gasteiger charge is -2.18. The van der Waals surface area contributed by atoms with Crippen LogP contribution in [0.5, 0.6) is 0 Å². The van der Waals surface area contributed by atoms with Crippen molar-refractivity contribution >= 4 is 5.97 Å². The first-order chi connectivity index (χ1) is 6.18. The third kappa shape index (κ3) is 2.89. The molecule has 0 radical (unpaired) electrons. The predicted molar refractivity (Wildman–Crippen MR) is 31.9 cm³/mol. The van der Waals surface area contributed by atoms with Gasteiger partial charge in [-0.2, -0.15) is 8.78 Å². The Bertz CT molecular complexity index is 261. The molecule has 0 aromatic heterocycles. The Morgan fingerprint density at radius 3 is 2.58 bits per heavy atom. The van der Waals surface area contributed by atoms with E-state index in [1.54, 1.807) is 0 Å². The fourth-order valence-electron chi connectivity index (χ4n) is 0.271. The summed E-state index contributed by atoms with van der Waals surface area (Å²) in [5, 5.41) is 0. The molecule has 70 valence electrons. The van der Waals surface area contributed by atoms with Crippen molar-refractivity contribution in [1.29, 1.82) is 0 Å². The summed E-state index contributed by atoms with van der Waals surface area (Å²) in [5.41, 5.74) is 0. The molecule has 1 unspecified atom stereocenters. The summed E-state index contributed by atoms with van der Waals surface area (Å²) in [6.07, 6.45) is -3.64. The third-order valence-electron chi connectivity index (χ3n) is 0.861. The number of esters is 1. The van der Waals surface area contributed by atoms with Gasteiger partial charge < -0.3 is 4.74 Å². The van der Waals surface area contributed by atoms with Crippen LogP contribution in [0.4, 0.5) is 17.6 Å². The quantitative estimate of drug-likeness (QED) is 0.384. The molecule has 0 aliphatic carbocycles. The van der Waals surface area contributed by atoms with Crippen LogP contribution < -0.4 is 0 Å². The molecular formula is C6H6F4O2. The van der Waals surface area contributed by atoms with E-state index >= 15 is 0 Å². The molecule has 0 aliphatic heterocycles. The molecule has 0 saturated heterocycles. The molecule has 1 atom stereocenters. The van der Waals surface area contributed by atoms with E-state index in [0.717, 1.165) is 0 Å². The van der Waals surface area contributed by atoms with Gasteiger partial charge in [-0.05, 0) is 0 Å². The Morgan fingerprint density at radius 2 is 2.25 bits per heavy atom. The first kappa shape index (κ1) is 7.57. The third-order valence-corrected chi connectivity index (χ3v) is 0.861. The fraction of sp³-hybridized carbons (Fsp3) is 0.500. The van der Waals surface area contributed by atoms with Gasteiger partial charge in [0, 0.05) is 6.92 Å². The van der Waals surface area contributed by atoms with Crippen molar-refractivity contribution in [1.82, 2.24) is 0 Å². The van der Waals surface area contributed by atoms with E-state index in [2.05, 4.69) is 4.74 Å². The number of ether oxygens (including phenoxy) is 1. The summed E-state index contributed by atoms with van der Waals surface area (Å²) >= 11 is 0. The minimum atomic E-state index is -3.64. The van der Waals surface area contributed by atoms with Gasteiger partial charge in [-0.1, -0.05) is 6.53 Å². The lowest BCUT2D eigenvalue weighted by molar-refractivity contribution is -0.210. The topological polar surface area (TPSA) is 26.3 Å². The summed E-state index contributed by atoms with van der Waals surface area (Å²) < 4.78 is 64.4. The lowest BCUT2D eigenvalue weighted by atomic mass is 10.4. The van der Waals surface area contributed by atoms with Crippen molar-refractivity contribution in [2.24, 2.45) is 0 Å². The van der Waals surface area contributed by atoms with Crippen molar-refractivity contribution in [2.45, 2.75) is 19.2 Å². The molecule has 0 amide bonds. The van der Waals surface area contributed by atoms with Crippen LogP contribution in [0.15, 0.2) is 12.4 Å². The average molecular weight is 188 g/mol. The fourth-order valence-corrected chi connectivity index (χ4v) is 0.271. The first-order valence-corrected chi connectivity index (χ1v) is 2.72. The summed E-state index contributed by atoms with van der Waals surface area (Å²) in [6.45, 7) is -1.34. The number of rotatable bonds is 3. The minimum Gasteiger partial charge on any atom is -0.417 e. The zero-order chi connectivity index (χ0) is 11.5. The monoisotopic (exact) mass is 188 g/mol. The normalized spacial score (nSPS) is 17.5. The van der Waals surface area contributed by atoms with Gasteiger partial charge in [-0.3, -0.25) is 0 Å². The largest absolute Gasteiger partial charge is 0.417 e. The van der Waals surface area contributed by atoms with Crippen LogP contribution in [0, 0.1) is 0 Å². The highest BCUT2D eigenvalue weighted by molar-refractivity contribution is 5.85. The highest BCUT2D eigenvalue weighted by Crippen LogP contribution is 2.22. The maximum absolute atomic E-state index is 12.6. The van der Waals surface area contributed by atoms with Crippen LogP contribution in [-0.2, 0) is 9.53 Å². The maximum Gasteiger partial charge on any atom is 0.369 e. The van der Waals surface area contributed by atoms with Gasteiger partial charge in [0.25, 0.3) is 0 Å². The Balaban J connectivity index is 4.57. The van der Waals surface area contributed by atoms with E-state index in [9.17, 15) is 22.4 Å². The number of alkyl halides is 3. The second-order valence-corrected chi connectivity index (χ2v) is 1.99. The van der Waals surface area contributed by atoms with Gasteiger partial charge in [0.1, 0.15) is 0 Å². The SMILES string of the molecule is [2H]C([2H])=C(F)C(=O)OC(C)(F)C(F)F. The highest BCUT2D eigenvalue weighted by atomic mass is 19.3. The second kappa shape index (κ2) is 3.55. The van der Waals surface area contributed by atoms with Crippen molar-refractivity contribution in [3.63, 3.8) is 0 Å². The molecule has 0 heterocycles. The van der Waals surface area contributed by atoms with Gasteiger partial charge in [0.05, 0.1) is 2.74 Å². The van der Waals surface area contributed by atoms with Gasteiger partial charge in [-0.25, -0.2) is 13.6 Å². The molecule has 0 aromatic carbocycles. The number of carbonyl (C=O) groups is 1. The smallest absolute Gasteiger partial charge is 0.369 e. The molecule has 0 bridgehead atoms. The Kier molecular flexibility index (Phi) is 2.24. The highest BCUT2D eigenvalue weighted by Gasteiger charge is 2.39. The van der Waals surface area contributed by atoms with E-state index < -0.39 is 30.6 Å². The molecule has 0 saturated carbocycles. The lowest BCUT2D eigenvalue weighted by Crippen LogP contribution is -2.34. The second-order valence-electron chi connectivity index (χ2n) is 1.99. The minimum absolute atomic E-state index is 0.233. The molecule has 0 N–H and O–H groups in total. The van der Waals surface area contributed by atoms with Crippen LogP contribution in [-0.4, -0.2) is 18.2 Å². The molecule has 12 heavy (non-hydrogen) atoms. The molecule has 0 fully saturated rings. The van der Waals surface area contributed by atoms with Crippen LogP contribution in [0.3, 0.4) is 0 Å². The maximum atomic E-state index is 12.6. The number of hydrogen-bond acceptors (Lipinski definition) is 2. The van der Waals surface area contributed by atoms with E-state index in [0.29, 0.717) is 0 Å². The molecule has 0 spiro atoms. The van der Waals surface area contributed by atoms with Crippen LogP contribution in [0.1, 0.15) is 9.67 Å². The van der Waals surface area contributed by atoms with Gasteiger partial charge >= 0.3 is 18.2 Å². The van der Waals surface area contributed by atoms with Gasteiger partial charge in [0.15, 0.2) is 0 Å². The molecule has 0 rings (SSSR count). The Hall–Kier alpha value is -1.07. The van der Waals surface area contributed by atoms with Crippen molar-refractivity contribution in [3.05, 3.63) is 12.4 Å². The molecule has 6 heteroatoms. The summed E-state index contributed by atoms with van der Waals surface area (Å²) in [6, 6.07) is 0. The molecule has 0 aliphatic rings. The molecule has 2 nitrogen and oxygen atoms in total. The summed E-state index contributed by atoms with van der Waals surface area (Å²) in [4.78, 5) is 10.4. The Labute approximate surface area is 68.6 Å². The molecule has 0 aromatic rings. The predicted octanol–water partition coefficient (Wildman–Crippen LogP) is 1.96. The number of carbonyl (C=O) groups excluding carboxylic acids is 1. The number of hydrogen-bond donors (Lipinski definition) is 0. The number of halogens is 4. The van der Waals surface area contributed by atoms with Gasteiger partial charge in [-0.15, -0.1) is 0 Å². The molecular weight excluding hydrogens is 180 g/mol. The van der Waals surface area contributed by atoms with E-state index in [1.807, 2.05) is 0 Å². The van der Waals surface area contributed by atoms with E-state index in [4.69, 9.17) is 2.74 Å². The van der Waals surface area contributed by atoms with Crippen molar-refractivity contribution in [3.8, 4) is 0 Å². The summed E-state index contributed by atoms with van der Waals surface area (Å²) in [7, 11) is 0. The van der Waals surface area contributed by atoms with Crippen LogP contribution >= 0.6 is 0 Å². The summed E-state index contributed by atoms with van der Waals surface area (Å²) in [5.74, 6) is -7.77. The van der Waals surface area contributed by atoms with E-state index in [1.165, 1.54) is 0 Å². The zero-order valence-electron chi connectivity index (χ0n) is 7.91.